The summed E-state index contributed by atoms with van der Waals surface area (Å²) in [5.41, 5.74) is 2.65. The van der Waals surface area contributed by atoms with Crippen LogP contribution in [0.3, 0.4) is 0 Å². The molecule has 0 aliphatic carbocycles. The average Bonchev–Trinajstić information content (AvgIpc) is 3.48. The fourth-order valence-electron chi connectivity index (χ4n) is 7.53. The maximum Gasteiger partial charge on any atom is 0.318 e. The molecule has 4 aliphatic rings. The van der Waals surface area contributed by atoms with E-state index in [9.17, 15) is 14.4 Å². The molecule has 10 nitrogen and oxygen atoms in total. The maximum absolute atomic E-state index is 12.9. The third-order valence-corrected chi connectivity index (χ3v) is 10.4. The van der Waals surface area contributed by atoms with Gasteiger partial charge < -0.3 is 29.1 Å². The van der Waals surface area contributed by atoms with Gasteiger partial charge in [0.05, 0.1) is 54.5 Å². The van der Waals surface area contributed by atoms with E-state index >= 15 is 0 Å². The molecule has 47 heavy (non-hydrogen) atoms. The highest BCUT2D eigenvalue weighted by Crippen LogP contribution is 2.45. The molecule has 246 valence electrons. The van der Waals surface area contributed by atoms with Crippen molar-refractivity contribution in [3.05, 3.63) is 64.8 Å². The number of nitriles is 1. The Labute approximate surface area is 279 Å². The Balaban J connectivity index is 1.27. The minimum atomic E-state index is -0.714. The van der Waals surface area contributed by atoms with Crippen LogP contribution < -0.4 is 14.5 Å². The van der Waals surface area contributed by atoms with Crippen molar-refractivity contribution in [2.45, 2.75) is 49.9 Å². The summed E-state index contributed by atoms with van der Waals surface area (Å²) in [6, 6.07) is 14.7. The van der Waals surface area contributed by atoms with Crippen molar-refractivity contribution in [1.82, 2.24) is 19.8 Å². The van der Waals surface area contributed by atoms with Crippen LogP contribution in [0.1, 0.15) is 30.5 Å². The fraction of sp³-hybridized carbons (Fsp3) is 0.486. The normalized spacial score (nSPS) is 22.5. The predicted octanol–water partition coefficient (Wildman–Crippen LogP) is 4.54. The summed E-state index contributed by atoms with van der Waals surface area (Å²) < 4.78 is 25.0. The Morgan fingerprint density at radius 3 is 2.74 bits per heavy atom. The molecule has 0 saturated carbocycles. The highest BCUT2D eigenvalue weighted by Gasteiger charge is 2.50. The molecule has 4 aliphatic heterocycles. The van der Waals surface area contributed by atoms with Crippen LogP contribution in [0, 0.1) is 11.3 Å². The molecule has 0 radical (unpaired) electrons. The molecular weight excluding hydrogens is 621 g/mol. The zero-order valence-electron chi connectivity index (χ0n) is 26.6. The van der Waals surface area contributed by atoms with Gasteiger partial charge in [-0.25, -0.2) is 4.39 Å². The number of piperazine rings is 1. The summed E-state index contributed by atoms with van der Waals surface area (Å²) in [5, 5.41) is 12.4. The molecule has 0 bridgehead atoms. The summed E-state index contributed by atoms with van der Waals surface area (Å²) in [6.45, 7) is 3.77. The molecule has 1 aromatic heterocycles. The number of amides is 1. The zero-order chi connectivity index (χ0) is 32.5. The fourth-order valence-corrected chi connectivity index (χ4v) is 7.81. The Kier molecular flexibility index (Phi) is 8.92. The van der Waals surface area contributed by atoms with E-state index < -0.39 is 6.67 Å². The van der Waals surface area contributed by atoms with Crippen LogP contribution >= 0.6 is 11.6 Å². The van der Waals surface area contributed by atoms with Crippen LogP contribution in [0.25, 0.3) is 10.8 Å². The van der Waals surface area contributed by atoms with Gasteiger partial charge in [0, 0.05) is 54.8 Å². The Hall–Kier alpha value is -3.98. The number of halogens is 2. The molecule has 0 unspecified atom stereocenters. The van der Waals surface area contributed by atoms with Gasteiger partial charge >= 0.3 is 6.01 Å². The SMILES string of the molecule is CN1CCC[C@H]1COc1nc2c(c(N3CCN(C(=O)/C=C/CF)[C@@H](CC#N)C3)n1)CC1(COC1)N(c1cccc3cccc(Cl)c13)C2. The Bertz CT molecular complexity index is 1720. The van der Waals surface area contributed by atoms with Crippen molar-refractivity contribution in [2.24, 2.45) is 0 Å². The lowest BCUT2D eigenvalue weighted by Crippen LogP contribution is -2.66. The highest BCUT2D eigenvalue weighted by atomic mass is 35.5. The monoisotopic (exact) mass is 659 g/mol. The second-order valence-electron chi connectivity index (χ2n) is 13.0. The van der Waals surface area contributed by atoms with E-state index in [0.29, 0.717) is 69.5 Å². The summed E-state index contributed by atoms with van der Waals surface area (Å²) in [5.74, 6) is 0.493. The van der Waals surface area contributed by atoms with Crippen molar-refractivity contribution in [1.29, 1.82) is 5.26 Å². The number of carbonyl (C=O) groups excluding carboxylic acids is 1. The number of aromatic nitrogens is 2. The largest absolute Gasteiger partial charge is 0.462 e. The van der Waals surface area contributed by atoms with Crippen LogP contribution in [0.4, 0.5) is 15.9 Å². The predicted molar refractivity (Wildman–Crippen MR) is 179 cm³/mol. The molecule has 3 saturated heterocycles. The topological polar surface area (TPSA) is 98.1 Å². The van der Waals surface area contributed by atoms with Gasteiger partial charge in [0.1, 0.15) is 19.1 Å². The molecule has 3 fully saturated rings. The molecular formula is C35H39ClFN7O3. The van der Waals surface area contributed by atoms with E-state index in [1.54, 1.807) is 4.90 Å². The first-order valence-electron chi connectivity index (χ1n) is 16.3. The number of hydrogen-bond acceptors (Lipinski definition) is 9. The minimum absolute atomic E-state index is 0.156. The quantitative estimate of drug-likeness (QED) is 0.323. The van der Waals surface area contributed by atoms with Crippen molar-refractivity contribution >= 4 is 39.8 Å². The molecule has 7 rings (SSSR count). The lowest BCUT2D eigenvalue weighted by molar-refractivity contribution is -0.128. The number of rotatable bonds is 8. The third-order valence-electron chi connectivity index (χ3n) is 10.1. The molecule has 1 spiro atoms. The molecule has 5 heterocycles. The van der Waals surface area contributed by atoms with E-state index in [4.69, 9.17) is 31.0 Å². The number of likely N-dealkylation sites (tertiary alicyclic amines) is 1. The van der Waals surface area contributed by atoms with Gasteiger partial charge in [-0.15, -0.1) is 0 Å². The lowest BCUT2D eigenvalue weighted by atomic mass is 9.81. The van der Waals surface area contributed by atoms with Crippen molar-refractivity contribution < 1.29 is 18.7 Å². The van der Waals surface area contributed by atoms with Crippen LogP contribution in [0.5, 0.6) is 6.01 Å². The lowest BCUT2D eigenvalue weighted by Gasteiger charge is -2.54. The molecule has 2 aromatic carbocycles. The number of likely N-dealkylation sites (N-methyl/N-ethyl adjacent to an activating group) is 1. The second-order valence-corrected chi connectivity index (χ2v) is 13.4. The van der Waals surface area contributed by atoms with Gasteiger partial charge in [0.2, 0.25) is 5.91 Å². The number of anilines is 2. The van der Waals surface area contributed by atoms with Crippen LogP contribution in [0.2, 0.25) is 5.02 Å². The van der Waals surface area contributed by atoms with Crippen molar-refractivity contribution in [2.75, 3.05) is 69.5 Å². The van der Waals surface area contributed by atoms with E-state index in [0.717, 1.165) is 52.9 Å². The van der Waals surface area contributed by atoms with Gasteiger partial charge in [-0.2, -0.15) is 15.2 Å². The number of nitrogens with zero attached hydrogens (tertiary/aromatic N) is 7. The molecule has 2 atom stereocenters. The van der Waals surface area contributed by atoms with Crippen molar-refractivity contribution in [3.8, 4) is 12.1 Å². The number of fused-ring (bicyclic) bond motifs is 2. The highest BCUT2D eigenvalue weighted by molar-refractivity contribution is 6.36. The van der Waals surface area contributed by atoms with Crippen LogP contribution in [-0.2, 0) is 22.5 Å². The standard InChI is InChI=1S/C35H39ClFN7O3/c1-41-15-5-8-26(41)21-47-34-39-29-20-44(30-10-3-7-24-6-2-9-28(36)32(24)30)35(22-46-23-35)18-27(29)33(40-34)42-16-17-43(25(19-42)12-14-38)31(45)11-4-13-37/h2-4,6-7,9-11,25-26H,5,8,12-13,15-23H2,1H3/b11-4+/t25-,26-/m0/s1. The average molecular weight is 660 g/mol. The van der Waals surface area contributed by atoms with Gasteiger partial charge in [0.15, 0.2) is 0 Å². The number of benzene rings is 2. The van der Waals surface area contributed by atoms with Gasteiger partial charge in [-0.3, -0.25) is 4.79 Å². The summed E-state index contributed by atoms with van der Waals surface area (Å²) in [6.07, 6.45) is 5.48. The van der Waals surface area contributed by atoms with E-state index in [-0.39, 0.29) is 23.9 Å². The van der Waals surface area contributed by atoms with E-state index in [2.05, 4.69) is 52.1 Å². The number of allylic oxidation sites excluding steroid dienone is 1. The number of alkyl halides is 1. The first kappa shape index (κ1) is 31.6. The van der Waals surface area contributed by atoms with Crippen LogP contribution in [0.15, 0.2) is 48.6 Å². The van der Waals surface area contributed by atoms with E-state index in [1.165, 1.54) is 12.2 Å². The van der Waals surface area contributed by atoms with Gasteiger partial charge in [-0.1, -0.05) is 35.9 Å². The summed E-state index contributed by atoms with van der Waals surface area (Å²) in [7, 11) is 2.12. The number of carbonyl (C=O) groups is 1. The maximum atomic E-state index is 12.9. The van der Waals surface area contributed by atoms with Gasteiger partial charge in [0.25, 0.3) is 0 Å². The molecule has 3 aromatic rings. The second kappa shape index (κ2) is 13.3. The smallest absolute Gasteiger partial charge is 0.318 e. The molecule has 0 N–H and O–H groups in total. The Morgan fingerprint density at radius 2 is 2.02 bits per heavy atom. The number of ether oxygens (including phenoxy) is 2. The first-order chi connectivity index (χ1) is 22.9. The molecule has 1 amide bonds. The minimum Gasteiger partial charge on any atom is -0.462 e. The first-order valence-corrected chi connectivity index (χ1v) is 16.7. The van der Waals surface area contributed by atoms with Gasteiger partial charge in [-0.05, 0) is 50.0 Å². The number of hydrogen-bond donors (Lipinski definition) is 0. The third kappa shape index (κ3) is 5.99. The van der Waals surface area contributed by atoms with Crippen LogP contribution in [-0.4, -0.2) is 103 Å². The zero-order valence-corrected chi connectivity index (χ0v) is 27.3. The summed E-state index contributed by atoms with van der Waals surface area (Å²) in [4.78, 5) is 31.5. The summed E-state index contributed by atoms with van der Waals surface area (Å²) >= 11 is 6.82. The molecule has 12 heteroatoms. The Morgan fingerprint density at radius 1 is 1.19 bits per heavy atom. The van der Waals surface area contributed by atoms with Crippen molar-refractivity contribution in [3.63, 3.8) is 0 Å². The van der Waals surface area contributed by atoms with E-state index in [1.807, 2.05) is 12.1 Å².